The van der Waals surface area contributed by atoms with Crippen molar-refractivity contribution < 1.29 is 32.5 Å². The van der Waals surface area contributed by atoms with Crippen LogP contribution in [0.1, 0.15) is 27.0 Å². The summed E-state index contributed by atoms with van der Waals surface area (Å²) in [4.78, 5) is 12.6. The van der Waals surface area contributed by atoms with Gasteiger partial charge in [0.05, 0.1) is 14.2 Å². The van der Waals surface area contributed by atoms with Crippen molar-refractivity contribution in [3.63, 3.8) is 0 Å². The van der Waals surface area contributed by atoms with E-state index < -0.39 is 6.61 Å². The molecule has 0 amide bonds. The third-order valence-corrected chi connectivity index (χ3v) is 4.87. The normalized spacial score (nSPS) is 11.0. The van der Waals surface area contributed by atoms with Gasteiger partial charge < -0.3 is 18.9 Å². The summed E-state index contributed by atoms with van der Waals surface area (Å²) >= 11 is 0. The Bertz CT molecular complexity index is 1140. The Labute approximate surface area is 191 Å². The number of methoxy groups -OCH3 is 2. The first kappa shape index (κ1) is 23.8. The molecule has 3 aromatic rings. The molecule has 0 aromatic heterocycles. The Hall–Kier alpha value is -3.87. The molecule has 0 atom stereocenters. The van der Waals surface area contributed by atoms with E-state index in [1.54, 1.807) is 19.3 Å². The molecule has 0 spiro atoms. The number of halogens is 2. The SMILES string of the molecule is COc1ccc(/C=C/C(=O)c2ccc(OC(F)F)c(OC)c2)cc1COc1ccccc1C. The van der Waals surface area contributed by atoms with Crippen LogP contribution in [0.2, 0.25) is 0 Å². The Balaban J connectivity index is 1.76. The summed E-state index contributed by atoms with van der Waals surface area (Å²) in [5.41, 5.74) is 2.91. The van der Waals surface area contributed by atoms with E-state index in [0.717, 1.165) is 22.4 Å². The van der Waals surface area contributed by atoms with Crippen LogP contribution in [0.3, 0.4) is 0 Å². The van der Waals surface area contributed by atoms with E-state index in [1.165, 1.54) is 31.4 Å². The van der Waals surface area contributed by atoms with Gasteiger partial charge in [-0.25, -0.2) is 0 Å². The second-order valence-electron chi connectivity index (χ2n) is 7.07. The van der Waals surface area contributed by atoms with Gasteiger partial charge in [-0.2, -0.15) is 8.78 Å². The van der Waals surface area contributed by atoms with Crippen molar-refractivity contribution >= 4 is 11.9 Å². The summed E-state index contributed by atoms with van der Waals surface area (Å²) < 4.78 is 45.8. The number of rotatable bonds is 10. The first-order chi connectivity index (χ1) is 15.9. The zero-order valence-electron chi connectivity index (χ0n) is 18.5. The molecule has 0 N–H and O–H groups in total. The number of hydrogen-bond acceptors (Lipinski definition) is 5. The van der Waals surface area contributed by atoms with Gasteiger partial charge in [-0.1, -0.05) is 30.3 Å². The quantitative estimate of drug-likeness (QED) is 0.274. The minimum absolute atomic E-state index is 0.0506. The maximum Gasteiger partial charge on any atom is 0.387 e. The molecule has 0 radical (unpaired) electrons. The van der Waals surface area contributed by atoms with Gasteiger partial charge in [-0.3, -0.25) is 4.79 Å². The lowest BCUT2D eigenvalue weighted by atomic mass is 10.1. The molecule has 7 heteroatoms. The first-order valence-corrected chi connectivity index (χ1v) is 10.1. The maximum absolute atomic E-state index is 12.6. The van der Waals surface area contributed by atoms with Gasteiger partial charge in [0, 0.05) is 11.1 Å². The van der Waals surface area contributed by atoms with Crippen molar-refractivity contribution in [2.45, 2.75) is 20.1 Å². The highest BCUT2D eigenvalue weighted by atomic mass is 19.3. The molecule has 0 aliphatic heterocycles. The Morgan fingerprint density at radius 1 is 0.909 bits per heavy atom. The predicted octanol–water partition coefficient (Wildman–Crippen LogP) is 6.09. The van der Waals surface area contributed by atoms with Gasteiger partial charge in [-0.15, -0.1) is 0 Å². The largest absolute Gasteiger partial charge is 0.496 e. The summed E-state index contributed by atoms with van der Waals surface area (Å²) in [6.45, 7) is -0.718. The summed E-state index contributed by atoms with van der Waals surface area (Å²) in [6.07, 6.45) is 3.06. The molecule has 0 aliphatic carbocycles. The predicted molar refractivity (Wildman–Crippen MR) is 121 cm³/mol. The molecule has 0 saturated heterocycles. The van der Waals surface area contributed by atoms with Crippen LogP contribution in [0.25, 0.3) is 6.08 Å². The van der Waals surface area contributed by atoms with E-state index in [4.69, 9.17) is 14.2 Å². The number of ketones is 1. The van der Waals surface area contributed by atoms with Gasteiger partial charge in [0.25, 0.3) is 0 Å². The number of aryl methyl sites for hydroxylation is 1. The molecule has 0 fully saturated rings. The molecule has 3 aromatic carbocycles. The second kappa shape index (κ2) is 11.1. The number of para-hydroxylation sites is 1. The van der Waals surface area contributed by atoms with Crippen molar-refractivity contribution in [2.24, 2.45) is 0 Å². The number of ether oxygens (including phenoxy) is 4. The number of carbonyl (C=O) groups is 1. The van der Waals surface area contributed by atoms with E-state index >= 15 is 0 Å². The van der Waals surface area contributed by atoms with E-state index in [1.807, 2.05) is 43.3 Å². The smallest absolute Gasteiger partial charge is 0.387 e. The topological polar surface area (TPSA) is 54.0 Å². The fraction of sp³-hybridized carbons (Fsp3) is 0.192. The number of alkyl halides is 2. The summed E-state index contributed by atoms with van der Waals surface area (Å²) in [5.74, 6) is 1.05. The van der Waals surface area contributed by atoms with Crippen LogP contribution < -0.4 is 18.9 Å². The van der Waals surface area contributed by atoms with Gasteiger partial charge in [0.2, 0.25) is 0 Å². The van der Waals surface area contributed by atoms with Crippen LogP contribution >= 0.6 is 0 Å². The van der Waals surface area contributed by atoms with E-state index in [-0.39, 0.29) is 22.8 Å². The highest BCUT2D eigenvalue weighted by molar-refractivity contribution is 6.07. The number of carbonyl (C=O) groups excluding carboxylic acids is 1. The number of hydrogen-bond donors (Lipinski definition) is 0. The van der Waals surface area contributed by atoms with Crippen LogP contribution in [0.15, 0.2) is 66.7 Å². The first-order valence-electron chi connectivity index (χ1n) is 10.1. The van der Waals surface area contributed by atoms with Crippen molar-refractivity contribution in [1.82, 2.24) is 0 Å². The van der Waals surface area contributed by atoms with Crippen molar-refractivity contribution in [1.29, 1.82) is 0 Å². The maximum atomic E-state index is 12.6. The number of allylic oxidation sites excluding steroid dienone is 1. The molecule has 0 heterocycles. The zero-order valence-corrected chi connectivity index (χ0v) is 18.5. The van der Waals surface area contributed by atoms with Gasteiger partial charge in [0.1, 0.15) is 18.1 Å². The van der Waals surface area contributed by atoms with Gasteiger partial charge in [0.15, 0.2) is 17.3 Å². The summed E-state index contributed by atoms with van der Waals surface area (Å²) in [7, 11) is 2.90. The van der Waals surface area contributed by atoms with Crippen LogP contribution in [0, 0.1) is 6.92 Å². The van der Waals surface area contributed by atoms with Crippen molar-refractivity contribution in [3.05, 3.63) is 89.0 Å². The molecule has 0 bridgehead atoms. The molecule has 0 aliphatic rings. The average Bonchev–Trinajstić information content (AvgIpc) is 2.82. The van der Waals surface area contributed by atoms with Crippen LogP contribution in [0.4, 0.5) is 8.78 Å². The monoisotopic (exact) mass is 454 g/mol. The third-order valence-electron chi connectivity index (χ3n) is 4.87. The molecule has 0 unspecified atom stereocenters. The highest BCUT2D eigenvalue weighted by Gasteiger charge is 2.13. The number of benzene rings is 3. The van der Waals surface area contributed by atoms with Crippen LogP contribution in [0.5, 0.6) is 23.0 Å². The molecule has 33 heavy (non-hydrogen) atoms. The molecule has 3 rings (SSSR count). The van der Waals surface area contributed by atoms with E-state index in [0.29, 0.717) is 12.4 Å². The lowest BCUT2D eigenvalue weighted by Gasteiger charge is -2.12. The van der Waals surface area contributed by atoms with Gasteiger partial charge >= 0.3 is 6.61 Å². The van der Waals surface area contributed by atoms with Crippen LogP contribution in [-0.4, -0.2) is 26.6 Å². The lowest BCUT2D eigenvalue weighted by Crippen LogP contribution is -2.04. The Morgan fingerprint density at radius 2 is 1.64 bits per heavy atom. The van der Waals surface area contributed by atoms with Crippen molar-refractivity contribution in [3.8, 4) is 23.0 Å². The molecular formula is C26H24F2O5. The van der Waals surface area contributed by atoms with E-state index in [9.17, 15) is 13.6 Å². The molecule has 5 nitrogen and oxygen atoms in total. The van der Waals surface area contributed by atoms with E-state index in [2.05, 4.69) is 4.74 Å². The minimum atomic E-state index is -2.99. The zero-order chi connectivity index (χ0) is 23.8. The fourth-order valence-electron chi connectivity index (χ4n) is 3.17. The van der Waals surface area contributed by atoms with Crippen LogP contribution in [-0.2, 0) is 6.61 Å². The molecule has 0 saturated carbocycles. The molecule has 172 valence electrons. The molecular weight excluding hydrogens is 430 g/mol. The Morgan fingerprint density at radius 3 is 2.33 bits per heavy atom. The minimum Gasteiger partial charge on any atom is -0.496 e. The lowest BCUT2D eigenvalue weighted by molar-refractivity contribution is -0.0512. The Kier molecular flexibility index (Phi) is 8.02. The summed E-state index contributed by atoms with van der Waals surface area (Å²) in [6, 6.07) is 17.3. The average molecular weight is 454 g/mol. The van der Waals surface area contributed by atoms with Gasteiger partial charge in [-0.05, 0) is 60.5 Å². The van der Waals surface area contributed by atoms with Crippen molar-refractivity contribution in [2.75, 3.05) is 14.2 Å². The fourth-order valence-corrected chi connectivity index (χ4v) is 3.17. The highest BCUT2D eigenvalue weighted by Crippen LogP contribution is 2.30. The summed E-state index contributed by atoms with van der Waals surface area (Å²) in [5, 5.41) is 0. The standard InChI is InChI=1S/C26H24F2O5/c1-17-6-4-5-7-22(17)32-16-20-14-18(9-12-23(20)30-2)8-11-21(29)19-10-13-24(33-26(27)28)25(15-19)31-3/h4-15,26H,16H2,1-3H3/b11-8+. The third kappa shape index (κ3) is 6.32. The second-order valence-corrected chi connectivity index (χ2v) is 7.07.